The molecule has 5 nitrogen and oxygen atoms in total. The lowest BCUT2D eigenvalue weighted by molar-refractivity contribution is -0.166. The van der Waals surface area contributed by atoms with E-state index in [0.29, 0.717) is 0 Å². The standard InChI is InChI=1S/C12H11F4NO4/c13-8-2-1-3-9(4-8)21-6-10(18)17(5-11(19)20)7-12(14,15)16/h1-4H,5-7H2,(H,19,20). The van der Waals surface area contributed by atoms with Gasteiger partial charge in [-0.15, -0.1) is 0 Å². The molecule has 21 heavy (non-hydrogen) atoms. The van der Waals surface area contributed by atoms with Crippen molar-refractivity contribution in [2.24, 2.45) is 0 Å². The first-order chi connectivity index (χ1) is 9.67. The number of benzene rings is 1. The zero-order chi connectivity index (χ0) is 16.0. The zero-order valence-corrected chi connectivity index (χ0v) is 10.6. The molecule has 0 unspecified atom stereocenters. The van der Waals surface area contributed by atoms with Crippen molar-refractivity contribution in [1.29, 1.82) is 0 Å². The highest BCUT2D eigenvalue weighted by Crippen LogP contribution is 2.17. The minimum Gasteiger partial charge on any atom is -0.484 e. The van der Waals surface area contributed by atoms with Gasteiger partial charge in [0.2, 0.25) is 0 Å². The largest absolute Gasteiger partial charge is 0.484 e. The summed E-state index contributed by atoms with van der Waals surface area (Å²) >= 11 is 0. The average Bonchev–Trinajstić information content (AvgIpc) is 2.33. The second-order valence-corrected chi connectivity index (χ2v) is 4.00. The minimum absolute atomic E-state index is 0.0503. The van der Waals surface area contributed by atoms with Gasteiger partial charge >= 0.3 is 12.1 Å². The van der Waals surface area contributed by atoms with E-state index in [4.69, 9.17) is 9.84 Å². The van der Waals surface area contributed by atoms with E-state index in [0.717, 1.165) is 12.1 Å². The molecule has 0 saturated heterocycles. The molecule has 0 fully saturated rings. The number of amides is 1. The number of carbonyl (C=O) groups excluding carboxylic acids is 1. The number of hydrogen-bond acceptors (Lipinski definition) is 3. The van der Waals surface area contributed by atoms with Gasteiger partial charge in [0.15, 0.2) is 6.61 Å². The van der Waals surface area contributed by atoms with Crippen LogP contribution < -0.4 is 4.74 Å². The van der Waals surface area contributed by atoms with Crippen molar-refractivity contribution in [3.63, 3.8) is 0 Å². The highest BCUT2D eigenvalue weighted by Gasteiger charge is 2.34. The lowest BCUT2D eigenvalue weighted by Crippen LogP contribution is -2.44. The van der Waals surface area contributed by atoms with Crippen LogP contribution in [0.4, 0.5) is 17.6 Å². The molecule has 0 saturated carbocycles. The molecule has 1 rings (SSSR count). The monoisotopic (exact) mass is 309 g/mol. The summed E-state index contributed by atoms with van der Waals surface area (Å²) in [7, 11) is 0. The number of carbonyl (C=O) groups is 2. The van der Waals surface area contributed by atoms with Gasteiger partial charge in [0.25, 0.3) is 5.91 Å². The van der Waals surface area contributed by atoms with Crippen LogP contribution in [0.2, 0.25) is 0 Å². The molecule has 1 aromatic carbocycles. The first kappa shape index (κ1) is 16.7. The Morgan fingerprint density at radius 2 is 1.95 bits per heavy atom. The van der Waals surface area contributed by atoms with E-state index < -0.39 is 43.6 Å². The van der Waals surface area contributed by atoms with Crippen LogP contribution in [-0.2, 0) is 9.59 Å². The quantitative estimate of drug-likeness (QED) is 0.812. The van der Waals surface area contributed by atoms with Gasteiger partial charge in [-0.1, -0.05) is 6.07 Å². The fraction of sp³-hybridized carbons (Fsp3) is 0.333. The van der Waals surface area contributed by atoms with Crippen LogP contribution in [0, 0.1) is 5.82 Å². The molecule has 116 valence electrons. The Morgan fingerprint density at radius 1 is 1.29 bits per heavy atom. The van der Waals surface area contributed by atoms with Crippen molar-refractivity contribution in [2.45, 2.75) is 6.18 Å². The Morgan fingerprint density at radius 3 is 2.48 bits per heavy atom. The third kappa shape index (κ3) is 6.59. The summed E-state index contributed by atoms with van der Waals surface area (Å²) < 4.78 is 54.4. The van der Waals surface area contributed by atoms with E-state index in [9.17, 15) is 27.2 Å². The first-order valence-electron chi connectivity index (χ1n) is 5.62. The number of rotatable bonds is 6. The van der Waals surface area contributed by atoms with Crippen LogP contribution in [0.15, 0.2) is 24.3 Å². The van der Waals surface area contributed by atoms with E-state index in [1.54, 1.807) is 0 Å². The number of alkyl halides is 3. The Labute approximate surface area is 116 Å². The van der Waals surface area contributed by atoms with Crippen molar-refractivity contribution >= 4 is 11.9 Å². The second-order valence-electron chi connectivity index (χ2n) is 4.00. The normalized spacial score (nSPS) is 11.0. The highest BCUT2D eigenvalue weighted by molar-refractivity contribution is 5.82. The van der Waals surface area contributed by atoms with Crippen LogP contribution in [0.5, 0.6) is 5.75 Å². The van der Waals surface area contributed by atoms with Crippen molar-refractivity contribution in [3.05, 3.63) is 30.1 Å². The lowest BCUT2D eigenvalue weighted by atomic mass is 10.3. The summed E-state index contributed by atoms with van der Waals surface area (Å²) in [6.45, 7) is -3.64. The van der Waals surface area contributed by atoms with Crippen molar-refractivity contribution in [3.8, 4) is 5.75 Å². The number of halogens is 4. The Bertz CT molecular complexity index is 518. The van der Waals surface area contributed by atoms with Gasteiger partial charge in [-0.05, 0) is 12.1 Å². The maximum Gasteiger partial charge on any atom is 0.406 e. The molecule has 1 amide bonds. The van der Waals surface area contributed by atoms with Gasteiger partial charge in [-0.25, -0.2) is 4.39 Å². The van der Waals surface area contributed by atoms with E-state index in [2.05, 4.69) is 0 Å². The molecule has 0 bridgehead atoms. The van der Waals surface area contributed by atoms with Crippen molar-refractivity contribution in [1.82, 2.24) is 4.90 Å². The predicted octanol–water partition coefficient (Wildman–Crippen LogP) is 1.68. The van der Waals surface area contributed by atoms with Crippen molar-refractivity contribution in [2.75, 3.05) is 19.7 Å². The Hall–Kier alpha value is -2.32. The number of nitrogens with zero attached hydrogens (tertiary/aromatic N) is 1. The fourth-order valence-electron chi connectivity index (χ4n) is 1.41. The summed E-state index contributed by atoms with van der Waals surface area (Å²) in [4.78, 5) is 22.1. The molecule has 0 aliphatic heterocycles. The number of ether oxygens (including phenoxy) is 1. The topological polar surface area (TPSA) is 66.8 Å². The maximum atomic E-state index is 12.8. The SMILES string of the molecule is O=C(O)CN(CC(F)(F)F)C(=O)COc1cccc(F)c1. The van der Waals surface area contributed by atoms with E-state index >= 15 is 0 Å². The molecular weight excluding hydrogens is 298 g/mol. The van der Waals surface area contributed by atoms with Crippen LogP contribution in [0.25, 0.3) is 0 Å². The summed E-state index contributed by atoms with van der Waals surface area (Å²) in [6, 6.07) is 4.66. The summed E-state index contributed by atoms with van der Waals surface area (Å²) in [5.41, 5.74) is 0. The minimum atomic E-state index is -4.73. The molecule has 1 N–H and O–H groups in total. The lowest BCUT2D eigenvalue weighted by Gasteiger charge is -2.22. The zero-order valence-electron chi connectivity index (χ0n) is 10.6. The fourth-order valence-corrected chi connectivity index (χ4v) is 1.41. The van der Waals surface area contributed by atoms with Gasteiger partial charge in [0.1, 0.15) is 24.7 Å². The third-order valence-electron chi connectivity index (χ3n) is 2.21. The second kappa shape index (κ2) is 6.91. The van der Waals surface area contributed by atoms with Crippen LogP contribution in [0.3, 0.4) is 0 Å². The highest BCUT2D eigenvalue weighted by atomic mass is 19.4. The third-order valence-corrected chi connectivity index (χ3v) is 2.21. The number of aliphatic carboxylic acids is 1. The van der Waals surface area contributed by atoms with E-state index in [1.807, 2.05) is 0 Å². The number of carboxylic acid groups (broad SMARTS) is 1. The van der Waals surface area contributed by atoms with Crippen LogP contribution in [0.1, 0.15) is 0 Å². The summed E-state index contributed by atoms with van der Waals surface area (Å²) in [6.07, 6.45) is -4.73. The molecule has 0 heterocycles. The van der Waals surface area contributed by atoms with Gasteiger partial charge < -0.3 is 14.7 Å². The molecule has 0 radical (unpaired) electrons. The van der Waals surface area contributed by atoms with E-state index in [1.165, 1.54) is 12.1 Å². The smallest absolute Gasteiger partial charge is 0.406 e. The Balaban J connectivity index is 2.65. The van der Waals surface area contributed by atoms with Crippen molar-refractivity contribution < 1.29 is 37.0 Å². The van der Waals surface area contributed by atoms with Gasteiger partial charge in [-0.2, -0.15) is 13.2 Å². The number of hydrogen-bond donors (Lipinski definition) is 1. The molecule has 9 heteroatoms. The van der Waals surface area contributed by atoms with Gasteiger partial charge in [0.05, 0.1) is 0 Å². The molecule has 0 aliphatic rings. The molecule has 0 spiro atoms. The average molecular weight is 309 g/mol. The Kier molecular flexibility index (Phi) is 5.51. The van der Waals surface area contributed by atoms with E-state index in [-0.39, 0.29) is 10.6 Å². The van der Waals surface area contributed by atoms with Gasteiger partial charge in [0, 0.05) is 6.07 Å². The molecular formula is C12H11F4NO4. The number of carboxylic acids is 1. The summed E-state index contributed by atoms with van der Waals surface area (Å²) in [5, 5.41) is 8.50. The van der Waals surface area contributed by atoms with Gasteiger partial charge in [-0.3, -0.25) is 9.59 Å². The maximum absolute atomic E-state index is 12.8. The molecule has 1 aromatic rings. The summed E-state index contributed by atoms with van der Waals surface area (Å²) in [5.74, 6) is -3.44. The first-order valence-corrected chi connectivity index (χ1v) is 5.62. The predicted molar refractivity (Wildman–Crippen MR) is 62.2 cm³/mol. The van der Waals surface area contributed by atoms with Crippen LogP contribution >= 0.6 is 0 Å². The molecule has 0 atom stereocenters. The molecule has 0 aromatic heterocycles. The van der Waals surface area contributed by atoms with Crippen LogP contribution in [-0.4, -0.2) is 47.8 Å². The molecule has 0 aliphatic carbocycles.